The van der Waals surface area contributed by atoms with E-state index in [0.717, 1.165) is 4.90 Å². The maximum Gasteiger partial charge on any atom is 0.301 e. The van der Waals surface area contributed by atoms with E-state index >= 15 is 0 Å². The summed E-state index contributed by atoms with van der Waals surface area (Å²) in [6, 6.07) is 12.5. The summed E-state index contributed by atoms with van der Waals surface area (Å²) in [5, 5.41) is 0.500. The number of hydrogen-bond acceptors (Lipinski definition) is 4. The molecule has 0 bridgehead atoms. The largest absolute Gasteiger partial charge is 0.459 e. The molecule has 110 valence electrons. The Kier molecular flexibility index (Phi) is 3.80. The third-order valence-corrected chi connectivity index (χ3v) is 3.21. The molecule has 0 aliphatic rings. The van der Waals surface area contributed by atoms with E-state index in [0.29, 0.717) is 10.7 Å². The standard InChI is InChI=1S/C16H10ClNO4/c17-11-5-7-12(8-6-11)18(15(19)13-3-1-9-21-13)16(20)14-4-2-10-22-14/h1-10H. The monoisotopic (exact) mass is 315 g/mol. The summed E-state index contributed by atoms with van der Waals surface area (Å²) in [5.74, 6) is -1.08. The minimum atomic E-state index is -0.589. The van der Waals surface area contributed by atoms with Gasteiger partial charge in [-0.1, -0.05) is 11.6 Å². The quantitative estimate of drug-likeness (QED) is 0.685. The van der Waals surface area contributed by atoms with E-state index in [4.69, 9.17) is 20.4 Å². The summed E-state index contributed by atoms with van der Waals surface area (Å²) >= 11 is 5.85. The topological polar surface area (TPSA) is 63.7 Å². The van der Waals surface area contributed by atoms with Crippen molar-refractivity contribution in [2.24, 2.45) is 0 Å². The highest BCUT2D eigenvalue weighted by molar-refractivity contribution is 6.31. The number of halogens is 1. The third kappa shape index (κ3) is 2.66. The summed E-state index contributed by atoms with van der Waals surface area (Å²) in [6.07, 6.45) is 2.73. The third-order valence-electron chi connectivity index (χ3n) is 2.95. The smallest absolute Gasteiger partial charge is 0.301 e. The molecule has 3 rings (SSSR count). The zero-order chi connectivity index (χ0) is 15.5. The summed E-state index contributed by atoms with van der Waals surface area (Å²) in [5.41, 5.74) is 0.368. The minimum absolute atomic E-state index is 0.0508. The fourth-order valence-corrected chi connectivity index (χ4v) is 2.06. The molecule has 0 atom stereocenters. The molecule has 0 fully saturated rings. The van der Waals surface area contributed by atoms with Crippen LogP contribution in [0.25, 0.3) is 0 Å². The predicted molar refractivity (Wildman–Crippen MR) is 80.0 cm³/mol. The lowest BCUT2D eigenvalue weighted by atomic mass is 10.2. The molecule has 2 aromatic heterocycles. The van der Waals surface area contributed by atoms with Crippen molar-refractivity contribution >= 4 is 29.1 Å². The summed E-state index contributed by atoms with van der Waals surface area (Å²) in [4.78, 5) is 26.1. The SMILES string of the molecule is O=C(c1ccco1)N(C(=O)c1ccco1)c1ccc(Cl)cc1. The van der Waals surface area contributed by atoms with Gasteiger partial charge in [-0.2, -0.15) is 0 Å². The Morgan fingerprint density at radius 2 is 1.32 bits per heavy atom. The number of rotatable bonds is 3. The number of benzene rings is 1. The lowest BCUT2D eigenvalue weighted by molar-refractivity contribution is 0.0867. The van der Waals surface area contributed by atoms with Gasteiger partial charge in [0.1, 0.15) is 0 Å². The van der Waals surface area contributed by atoms with Crippen LogP contribution >= 0.6 is 11.6 Å². The lowest BCUT2D eigenvalue weighted by Crippen LogP contribution is -2.36. The number of anilines is 1. The van der Waals surface area contributed by atoms with Crippen LogP contribution in [0, 0.1) is 0 Å². The van der Waals surface area contributed by atoms with Crippen molar-refractivity contribution in [1.29, 1.82) is 0 Å². The van der Waals surface area contributed by atoms with Gasteiger partial charge >= 0.3 is 11.8 Å². The van der Waals surface area contributed by atoms with Crippen LogP contribution in [0.3, 0.4) is 0 Å². The Morgan fingerprint density at radius 1 is 0.818 bits per heavy atom. The van der Waals surface area contributed by atoms with Crippen LogP contribution < -0.4 is 4.90 Å². The van der Waals surface area contributed by atoms with Gasteiger partial charge in [-0.3, -0.25) is 9.59 Å². The second-order valence-corrected chi connectivity index (χ2v) is 4.81. The molecule has 0 saturated carbocycles. The molecule has 0 aliphatic heterocycles. The Hall–Kier alpha value is -2.79. The Balaban J connectivity index is 2.04. The first kappa shape index (κ1) is 14.2. The summed E-state index contributed by atoms with van der Waals surface area (Å²) in [7, 11) is 0. The van der Waals surface area contributed by atoms with Crippen LogP contribution in [0.1, 0.15) is 21.1 Å². The van der Waals surface area contributed by atoms with Crippen molar-refractivity contribution in [2.45, 2.75) is 0 Å². The molecule has 0 spiro atoms. The molecule has 2 heterocycles. The first-order valence-electron chi connectivity index (χ1n) is 6.38. The second-order valence-electron chi connectivity index (χ2n) is 4.38. The zero-order valence-corrected chi connectivity index (χ0v) is 12.0. The molecular weight excluding hydrogens is 306 g/mol. The van der Waals surface area contributed by atoms with E-state index in [1.54, 1.807) is 36.4 Å². The molecule has 0 saturated heterocycles. The van der Waals surface area contributed by atoms with Crippen molar-refractivity contribution in [2.75, 3.05) is 4.90 Å². The molecule has 3 aromatic rings. The van der Waals surface area contributed by atoms with Gasteiger partial charge in [-0.05, 0) is 48.5 Å². The maximum absolute atomic E-state index is 12.6. The number of nitrogens with zero attached hydrogens (tertiary/aromatic N) is 1. The van der Waals surface area contributed by atoms with Crippen molar-refractivity contribution in [3.63, 3.8) is 0 Å². The van der Waals surface area contributed by atoms with E-state index in [-0.39, 0.29) is 11.5 Å². The van der Waals surface area contributed by atoms with Gasteiger partial charge < -0.3 is 8.83 Å². The first-order valence-corrected chi connectivity index (χ1v) is 6.76. The van der Waals surface area contributed by atoms with Gasteiger partial charge in [0.25, 0.3) is 0 Å². The average molecular weight is 316 g/mol. The van der Waals surface area contributed by atoms with Gasteiger partial charge in [0.15, 0.2) is 11.5 Å². The number of carbonyl (C=O) groups is 2. The Labute approximate surface area is 130 Å². The Bertz CT molecular complexity index is 730. The van der Waals surface area contributed by atoms with E-state index in [1.165, 1.54) is 24.7 Å². The number of imide groups is 1. The van der Waals surface area contributed by atoms with Crippen LogP contribution in [-0.2, 0) is 0 Å². The molecule has 6 heteroatoms. The predicted octanol–water partition coefficient (Wildman–Crippen LogP) is 4.01. The highest BCUT2D eigenvalue weighted by atomic mass is 35.5. The molecule has 5 nitrogen and oxygen atoms in total. The highest BCUT2D eigenvalue weighted by Gasteiger charge is 2.29. The van der Waals surface area contributed by atoms with Crippen LogP contribution in [0.15, 0.2) is 69.9 Å². The van der Waals surface area contributed by atoms with Gasteiger partial charge in [0.05, 0.1) is 18.2 Å². The molecule has 1 aromatic carbocycles. The van der Waals surface area contributed by atoms with Crippen molar-refractivity contribution < 1.29 is 18.4 Å². The molecule has 22 heavy (non-hydrogen) atoms. The molecule has 0 radical (unpaired) electrons. The fraction of sp³-hybridized carbons (Fsp3) is 0. The van der Waals surface area contributed by atoms with Gasteiger partial charge in [-0.15, -0.1) is 0 Å². The summed E-state index contributed by atoms with van der Waals surface area (Å²) in [6.45, 7) is 0. The molecule has 0 N–H and O–H groups in total. The maximum atomic E-state index is 12.6. The van der Waals surface area contributed by atoms with Crippen LogP contribution in [0.4, 0.5) is 5.69 Å². The zero-order valence-electron chi connectivity index (χ0n) is 11.2. The average Bonchev–Trinajstić information content (AvgIpc) is 3.22. The first-order chi connectivity index (χ1) is 10.7. The Morgan fingerprint density at radius 3 is 1.73 bits per heavy atom. The van der Waals surface area contributed by atoms with Crippen molar-refractivity contribution in [1.82, 2.24) is 0 Å². The second kappa shape index (κ2) is 5.91. The van der Waals surface area contributed by atoms with E-state index in [1.807, 2.05) is 0 Å². The van der Waals surface area contributed by atoms with Crippen LogP contribution in [0.5, 0.6) is 0 Å². The molecule has 2 amide bonds. The van der Waals surface area contributed by atoms with Crippen molar-refractivity contribution in [3.05, 3.63) is 77.6 Å². The van der Waals surface area contributed by atoms with Crippen molar-refractivity contribution in [3.8, 4) is 0 Å². The molecular formula is C16H10ClNO4. The van der Waals surface area contributed by atoms with Gasteiger partial charge in [-0.25, -0.2) is 4.90 Å². The van der Waals surface area contributed by atoms with E-state index in [9.17, 15) is 9.59 Å². The van der Waals surface area contributed by atoms with E-state index in [2.05, 4.69) is 0 Å². The number of amides is 2. The van der Waals surface area contributed by atoms with Gasteiger partial charge in [0.2, 0.25) is 0 Å². The van der Waals surface area contributed by atoms with Crippen LogP contribution in [-0.4, -0.2) is 11.8 Å². The molecule has 0 unspecified atom stereocenters. The molecule has 0 aliphatic carbocycles. The lowest BCUT2D eigenvalue weighted by Gasteiger charge is -2.18. The highest BCUT2D eigenvalue weighted by Crippen LogP contribution is 2.23. The number of furan rings is 2. The normalized spacial score (nSPS) is 10.4. The summed E-state index contributed by atoms with van der Waals surface area (Å²) < 4.78 is 10.2. The number of hydrogen-bond donors (Lipinski definition) is 0. The number of carbonyl (C=O) groups excluding carboxylic acids is 2. The fourth-order valence-electron chi connectivity index (χ4n) is 1.94. The minimum Gasteiger partial charge on any atom is -0.459 e. The van der Waals surface area contributed by atoms with E-state index < -0.39 is 11.8 Å². The van der Waals surface area contributed by atoms with Crippen LogP contribution in [0.2, 0.25) is 5.02 Å². The van der Waals surface area contributed by atoms with Gasteiger partial charge in [0, 0.05) is 5.02 Å².